The summed E-state index contributed by atoms with van der Waals surface area (Å²) in [7, 11) is 0. The molecular formula is C19H22N2. The zero-order valence-electron chi connectivity index (χ0n) is 12.5. The van der Waals surface area contributed by atoms with E-state index in [4.69, 9.17) is 5.73 Å². The quantitative estimate of drug-likeness (QED) is 0.803. The lowest BCUT2D eigenvalue weighted by atomic mass is 10.0. The van der Waals surface area contributed by atoms with Crippen molar-refractivity contribution in [2.75, 3.05) is 0 Å². The van der Waals surface area contributed by atoms with Crippen LogP contribution >= 0.6 is 0 Å². The fraction of sp³-hybridized carbons (Fsp3) is 0.211. The third kappa shape index (κ3) is 4.92. The Morgan fingerprint density at radius 3 is 2.19 bits per heavy atom. The number of aliphatic imine (C=N–C) groups is 1. The van der Waals surface area contributed by atoms with Crippen LogP contribution in [0.15, 0.2) is 71.9 Å². The summed E-state index contributed by atoms with van der Waals surface area (Å²) < 4.78 is 0. The first-order valence-electron chi connectivity index (χ1n) is 7.25. The first-order chi connectivity index (χ1) is 10.1. The van der Waals surface area contributed by atoms with Crippen LogP contribution in [0.25, 0.3) is 0 Å². The van der Waals surface area contributed by atoms with Gasteiger partial charge in [-0.2, -0.15) is 0 Å². The summed E-state index contributed by atoms with van der Waals surface area (Å²) in [5, 5.41) is 0. The van der Waals surface area contributed by atoms with Gasteiger partial charge >= 0.3 is 0 Å². The van der Waals surface area contributed by atoms with Crippen LogP contribution in [0.3, 0.4) is 0 Å². The van der Waals surface area contributed by atoms with E-state index in [0.717, 1.165) is 18.4 Å². The normalized spacial score (nSPS) is 12.4. The highest BCUT2D eigenvalue weighted by atomic mass is 14.8. The highest BCUT2D eigenvalue weighted by Crippen LogP contribution is 2.09. The number of hydrogen-bond acceptors (Lipinski definition) is 2. The third-order valence-corrected chi connectivity index (χ3v) is 3.51. The minimum atomic E-state index is -0.0391. The molecule has 0 amide bonds. The molecule has 2 aromatic carbocycles. The maximum absolute atomic E-state index is 5.61. The van der Waals surface area contributed by atoms with Crippen LogP contribution in [0.1, 0.15) is 23.6 Å². The van der Waals surface area contributed by atoms with Gasteiger partial charge < -0.3 is 5.73 Å². The number of aryl methyl sites for hydroxylation is 2. The van der Waals surface area contributed by atoms with Crippen LogP contribution in [0.5, 0.6) is 0 Å². The molecule has 1 atom stereocenters. The van der Waals surface area contributed by atoms with E-state index in [0.29, 0.717) is 5.70 Å². The predicted molar refractivity (Wildman–Crippen MR) is 90.7 cm³/mol. The number of rotatable bonds is 6. The van der Waals surface area contributed by atoms with Gasteiger partial charge in [-0.1, -0.05) is 61.2 Å². The Bertz CT molecular complexity index is 597. The maximum Gasteiger partial charge on any atom is 0.0858 e. The molecule has 1 unspecified atom stereocenters. The molecular weight excluding hydrogens is 256 g/mol. The van der Waals surface area contributed by atoms with Crippen molar-refractivity contribution >= 4 is 6.21 Å². The molecule has 0 saturated carbocycles. The zero-order chi connectivity index (χ0) is 15.1. The second-order valence-electron chi connectivity index (χ2n) is 5.26. The topological polar surface area (TPSA) is 38.4 Å². The molecule has 0 spiro atoms. The van der Waals surface area contributed by atoms with Crippen LogP contribution in [0.4, 0.5) is 0 Å². The molecule has 0 heterocycles. The zero-order valence-corrected chi connectivity index (χ0v) is 12.5. The van der Waals surface area contributed by atoms with Gasteiger partial charge in [-0.25, -0.2) is 0 Å². The fourth-order valence-electron chi connectivity index (χ4n) is 2.00. The SMILES string of the molecule is C=C(N)C(C)N=Cc1ccc(CCc2ccccc2)cc1. The summed E-state index contributed by atoms with van der Waals surface area (Å²) in [6.07, 6.45) is 3.97. The smallest absolute Gasteiger partial charge is 0.0858 e. The maximum atomic E-state index is 5.61. The third-order valence-electron chi connectivity index (χ3n) is 3.51. The van der Waals surface area contributed by atoms with E-state index >= 15 is 0 Å². The van der Waals surface area contributed by atoms with Gasteiger partial charge in [0.15, 0.2) is 0 Å². The molecule has 2 rings (SSSR count). The van der Waals surface area contributed by atoms with E-state index in [1.807, 2.05) is 13.1 Å². The van der Waals surface area contributed by atoms with Gasteiger partial charge in [-0.3, -0.25) is 4.99 Å². The molecule has 0 aromatic heterocycles. The second-order valence-corrected chi connectivity index (χ2v) is 5.26. The first kappa shape index (κ1) is 15.0. The van der Waals surface area contributed by atoms with Crippen molar-refractivity contribution in [3.05, 3.63) is 83.6 Å². The highest BCUT2D eigenvalue weighted by molar-refractivity contribution is 5.79. The molecule has 0 aliphatic rings. The van der Waals surface area contributed by atoms with Crippen LogP contribution in [-0.4, -0.2) is 12.3 Å². The van der Waals surface area contributed by atoms with Crippen molar-refractivity contribution < 1.29 is 0 Å². The molecule has 2 nitrogen and oxygen atoms in total. The molecule has 0 fully saturated rings. The molecule has 108 valence electrons. The van der Waals surface area contributed by atoms with Crippen LogP contribution in [0, 0.1) is 0 Å². The summed E-state index contributed by atoms with van der Waals surface area (Å²) in [5.74, 6) is 0. The van der Waals surface area contributed by atoms with Crippen molar-refractivity contribution in [2.24, 2.45) is 10.7 Å². The Morgan fingerprint density at radius 1 is 1.05 bits per heavy atom. The van der Waals surface area contributed by atoms with Crippen molar-refractivity contribution in [1.29, 1.82) is 0 Å². The monoisotopic (exact) mass is 278 g/mol. The van der Waals surface area contributed by atoms with E-state index < -0.39 is 0 Å². The van der Waals surface area contributed by atoms with E-state index in [-0.39, 0.29) is 6.04 Å². The van der Waals surface area contributed by atoms with E-state index in [9.17, 15) is 0 Å². The van der Waals surface area contributed by atoms with Crippen LogP contribution < -0.4 is 5.73 Å². The minimum absolute atomic E-state index is 0.0391. The minimum Gasteiger partial charge on any atom is -0.401 e. The molecule has 0 aliphatic heterocycles. The first-order valence-corrected chi connectivity index (χ1v) is 7.25. The molecule has 0 radical (unpaired) electrons. The standard InChI is InChI=1S/C19H22N2/c1-15(20)16(2)21-14-19-12-10-18(11-13-19)9-8-17-6-4-3-5-7-17/h3-7,10-14,16H,1,8-9,20H2,2H3. The number of nitrogens with zero attached hydrogens (tertiary/aromatic N) is 1. The lowest BCUT2D eigenvalue weighted by Gasteiger charge is -2.05. The number of hydrogen-bond donors (Lipinski definition) is 1. The molecule has 0 bridgehead atoms. The van der Waals surface area contributed by atoms with Gasteiger partial charge in [0.05, 0.1) is 6.04 Å². The molecule has 2 heteroatoms. The van der Waals surface area contributed by atoms with Gasteiger partial charge in [0, 0.05) is 11.9 Å². The Balaban J connectivity index is 1.91. The lowest BCUT2D eigenvalue weighted by Crippen LogP contribution is -2.10. The van der Waals surface area contributed by atoms with E-state index in [1.165, 1.54) is 11.1 Å². The van der Waals surface area contributed by atoms with Crippen molar-refractivity contribution in [3.63, 3.8) is 0 Å². The summed E-state index contributed by atoms with van der Waals surface area (Å²) >= 11 is 0. The second kappa shape index (κ2) is 7.44. The predicted octanol–water partition coefficient (Wildman–Crippen LogP) is 3.75. The molecule has 2 N–H and O–H groups in total. The Kier molecular flexibility index (Phi) is 5.33. The summed E-state index contributed by atoms with van der Waals surface area (Å²) in [5.41, 5.74) is 10.0. The van der Waals surface area contributed by atoms with Gasteiger partial charge in [-0.15, -0.1) is 0 Å². The van der Waals surface area contributed by atoms with E-state index in [2.05, 4.69) is 66.2 Å². The molecule has 0 aliphatic carbocycles. The summed E-state index contributed by atoms with van der Waals surface area (Å²) in [6.45, 7) is 5.64. The van der Waals surface area contributed by atoms with Crippen molar-refractivity contribution in [3.8, 4) is 0 Å². The van der Waals surface area contributed by atoms with Gasteiger partial charge in [0.25, 0.3) is 0 Å². The van der Waals surface area contributed by atoms with Crippen LogP contribution in [0.2, 0.25) is 0 Å². The van der Waals surface area contributed by atoms with E-state index in [1.54, 1.807) is 0 Å². The molecule has 0 saturated heterocycles. The molecule has 2 aromatic rings. The Labute approximate surface area is 127 Å². The van der Waals surface area contributed by atoms with Crippen molar-refractivity contribution in [1.82, 2.24) is 0 Å². The van der Waals surface area contributed by atoms with Gasteiger partial charge in [0.1, 0.15) is 0 Å². The molecule has 21 heavy (non-hydrogen) atoms. The Hall–Kier alpha value is -2.35. The highest BCUT2D eigenvalue weighted by Gasteiger charge is 1.99. The average Bonchev–Trinajstić information content (AvgIpc) is 2.52. The number of nitrogens with two attached hydrogens (primary N) is 1. The van der Waals surface area contributed by atoms with Gasteiger partial charge in [0.2, 0.25) is 0 Å². The largest absolute Gasteiger partial charge is 0.401 e. The lowest BCUT2D eigenvalue weighted by molar-refractivity contribution is 0.858. The van der Waals surface area contributed by atoms with Crippen molar-refractivity contribution in [2.45, 2.75) is 25.8 Å². The summed E-state index contributed by atoms with van der Waals surface area (Å²) in [6, 6.07) is 19.0. The Morgan fingerprint density at radius 2 is 1.62 bits per heavy atom. The summed E-state index contributed by atoms with van der Waals surface area (Å²) in [4.78, 5) is 4.37. The average molecular weight is 278 g/mol. The fourth-order valence-corrected chi connectivity index (χ4v) is 2.00. The van der Waals surface area contributed by atoms with Crippen LogP contribution in [-0.2, 0) is 12.8 Å². The van der Waals surface area contributed by atoms with Gasteiger partial charge in [-0.05, 0) is 36.5 Å². The number of benzene rings is 2.